The largest absolute Gasteiger partial charge is 0.497 e. The number of carbonyl (C=O) groups is 2. The Morgan fingerprint density at radius 3 is 2.07 bits per heavy atom. The van der Waals surface area contributed by atoms with Crippen LogP contribution in [0.5, 0.6) is 11.5 Å². The first-order valence-electron chi connectivity index (χ1n) is 13.2. The quantitative estimate of drug-likeness (QED) is 0.357. The number of amides is 2. The Morgan fingerprint density at radius 2 is 1.51 bits per heavy atom. The number of nitrogens with one attached hydrogen (secondary N) is 1. The molecule has 0 spiro atoms. The number of para-hydroxylation sites is 2. The first kappa shape index (κ1) is 31.5. The normalized spacial score (nSPS) is 12.3. The zero-order valence-electron chi connectivity index (χ0n) is 24.7. The molecule has 0 bridgehead atoms. The van der Waals surface area contributed by atoms with Gasteiger partial charge in [-0.15, -0.1) is 0 Å². The third-order valence-corrected chi connectivity index (χ3v) is 8.19. The number of hydrogen-bond acceptors (Lipinski definition) is 6. The Kier molecular flexibility index (Phi) is 10.0. The molecule has 3 aromatic carbocycles. The van der Waals surface area contributed by atoms with Crippen LogP contribution in [0.25, 0.3) is 0 Å². The van der Waals surface area contributed by atoms with Gasteiger partial charge in [-0.2, -0.15) is 0 Å². The van der Waals surface area contributed by atoms with E-state index in [0.29, 0.717) is 5.75 Å². The summed E-state index contributed by atoms with van der Waals surface area (Å²) in [6.45, 7) is 8.71. The molecule has 0 aromatic heterocycles. The highest BCUT2D eigenvalue weighted by Crippen LogP contribution is 2.33. The van der Waals surface area contributed by atoms with E-state index in [9.17, 15) is 18.0 Å². The Morgan fingerprint density at radius 1 is 0.902 bits per heavy atom. The second-order valence-corrected chi connectivity index (χ2v) is 12.6. The molecule has 3 aromatic rings. The Balaban J connectivity index is 2.07. The summed E-state index contributed by atoms with van der Waals surface area (Å²) in [5.41, 5.74) is 1.53. The smallest absolute Gasteiger partial charge is 0.264 e. The summed E-state index contributed by atoms with van der Waals surface area (Å²) in [7, 11) is -1.32. The van der Waals surface area contributed by atoms with Gasteiger partial charge in [0.1, 0.15) is 24.1 Å². The van der Waals surface area contributed by atoms with Crippen molar-refractivity contribution in [3.63, 3.8) is 0 Å². The average Bonchev–Trinajstić information content (AvgIpc) is 2.94. The third-order valence-electron chi connectivity index (χ3n) is 6.42. The van der Waals surface area contributed by atoms with Crippen LogP contribution < -0.4 is 19.1 Å². The number of sulfonamides is 1. The van der Waals surface area contributed by atoms with Gasteiger partial charge in [-0.05, 0) is 76.6 Å². The van der Waals surface area contributed by atoms with Gasteiger partial charge in [0, 0.05) is 12.1 Å². The topological polar surface area (TPSA) is 105 Å². The molecule has 0 heterocycles. The maximum Gasteiger partial charge on any atom is 0.264 e. The van der Waals surface area contributed by atoms with Crippen molar-refractivity contribution in [2.75, 3.05) is 25.1 Å². The predicted octanol–water partition coefficient (Wildman–Crippen LogP) is 4.54. The third kappa shape index (κ3) is 8.00. The van der Waals surface area contributed by atoms with Crippen molar-refractivity contribution in [1.82, 2.24) is 10.2 Å². The van der Waals surface area contributed by atoms with E-state index in [1.807, 2.05) is 52.0 Å². The standard InChI is InChI=1S/C31H39N3O6S/c1-22-12-14-24(15-13-22)20-33(23(2)30(36)32-31(3,4)5)29(35)21-34(27-10-8-9-11-28(27)40-7)41(37,38)26-18-16-25(39-6)17-19-26/h8-19,23H,20-21H2,1-7H3,(H,32,36)/t23-/m0/s1. The van der Waals surface area contributed by atoms with Gasteiger partial charge in [0.15, 0.2) is 0 Å². The molecular weight excluding hydrogens is 542 g/mol. The predicted molar refractivity (Wildman–Crippen MR) is 160 cm³/mol. The van der Waals surface area contributed by atoms with Gasteiger partial charge in [0.2, 0.25) is 11.8 Å². The summed E-state index contributed by atoms with van der Waals surface area (Å²) in [5, 5.41) is 2.92. The SMILES string of the molecule is COc1ccc(S(=O)(=O)N(CC(=O)N(Cc2ccc(C)cc2)[C@@H](C)C(=O)NC(C)(C)C)c2ccccc2OC)cc1. The van der Waals surface area contributed by atoms with Crippen LogP contribution in [0.15, 0.2) is 77.7 Å². The van der Waals surface area contributed by atoms with E-state index in [1.165, 1.54) is 43.4 Å². The monoisotopic (exact) mass is 581 g/mol. The van der Waals surface area contributed by atoms with Crippen LogP contribution in [-0.4, -0.2) is 57.5 Å². The van der Waals surface area contributed by atoms with E-state index in [2.05, 4.69) is 5.32 Å². The maximum atomic E-state index is 14.1. The van der Waals surface area contributed by atoms with Crippen LogP contribution in [0, 0.1) is 6.92 Å². The number of rotatable bonds is 11. The number of hydrogen-bond donors (Lipinski definition) is 1. The van der Waals surface area contributed by atoms with Gasteiger partial charge in [0.05, 0.1) is 24.8 Å². The maximum absolute atomic E-state index is 14.1. The number of benzene rings is 3. The highest BCUT2D eigenvalue weighted by Gasteiger charge is 2.34. The number of anilines is 1. The van der Waals surface area contributed by atoms with E-state index in [4.69, 9.17) is 9.47 Å². The van der Waals surface area contributed by atoms with Crippen molar-refractivity contribution >= 4 is 27.5 Å². The molecule has 1 N–H and O–H groups in total. The van der Waals surface area contributed by atoms with E-state index in [1.54, 1.807) is 31.2 Å². The number of methoxy groups -OCH3 is 2. The zero-order chi connectivity index (χ0) is 30.4. The second-order valence-electron chi connectivity index (χ2n) is 10.8. The van der Waals surface area contributed by atoms with Crippen molar-refractivity contribution in [3.8, 4) is 11.5 Å². The van der Waals surface area contributed by atoms with Crippen molar-refractivity contribution in [3.05, 3.63) is 83.9 Å². The van der Waals surface area contributed by atoms with E-state index < -0.39 is 34.1 Å². The van der Waals surface area contributed by atoms with E-state index in [0.717, 1.165) is 15.4 Å². The minimum atomic E-state index is -4.24. The fraction of sp³-hybridized carbons (Fsp3) is 0.355. The van der Waals surface area contributed by atoms with Gasteiger partial charge < -0.3 is 19.7 Å². The lowest BCUT2D eigenvalue weighted by atomic mass is 10.1. The molecule has 0 saturated heterocycles. The molecule has 9 nitrogen and oxygen atoms in total. The Bertz CT molecular complexity index is 1450. The first-order valence-corrected chi connectivity index (χ1v) is 14.7. The summed E-state index contributed by atoms with van der Waals surface area (Å²) in [4.78, 5) is 28.7. The molecule has 0 saturated carbocycles. The number of aryl methyl sites for hydroxylation is 1. The van der Waals surface area contributed by atoms with Crippen LogP contribution in [0.3, 0.4) is 0 Å². The molecule has 2 amide bonds. The number of ether oxygens (including phenoxy) is 2. The summed E-state index contributed by atoms with van der Waals surface area (Å²) >= 11 is 0. The van der Waals surface area contributed by atoms with E-state index >= 15 is 0 Å². The van der Waals surface area contributed by atoms with Crippen LogP contribution >= 0.6 is 0 Å². The fourth-order valence-corrected chi connectivity index (χ4v) is 5.60. The van der Waals surface area contributed by atoms with Crippen LogP contribution in [0.4, 0.5) is 5.69 Å². The van der Waals surface area contributed by atoms with Gasteiger partial charge in [0.25, 0.3) is 10.0 Å². The molecule has 3 rings (SSSR count). The fourth-order valence-electron chi connectivity index (χ4n) is 4.17. The first-order chi connectivity index (χ1) is 19.3. The van der Waals surface area contributed by atoms with Crippen molar-refractivity contribution in [1.29, 1.82) is 0 Å². The Labute approximate surface area is 243 Å². The minimum Gasteiger partial charge on any atom is -0.497 e. The van der Waals surface area contributed by atoms with Gasteiger partial charge in [-0.25, -0.2) is 8.42 Å². The zero-order valence-corrected chi connectivity index (χ0v) is 25.5. The second kappa shape index (κ2) is 13.1. The summed E-state index contributed by atoms with van der Waals surface area (Å²) in [6, 6.07) is 19.2. The van der Waals surface area contributed by atoms with Crippen molar-refractivity contribution < 1.29 is 27.5 Å². The summed E-state index contributed by atoms with van der Waals surface area (Å²) in [5.74, 6) is -0.127. The molecular formula is C31H39N3O6S. The van der Waals surface area contributed by atoms with Crippen molar-refractivity contribution in [2.24, 2.45) is 0 Å². The number of nitrogens with zero attached hydrogens (tertiary/aromatic N) is 2. The molecule has 0 radical (unpaired) electrons. The molecule has 41 heavy (non-hydrogen) atoms. The summed E-state index contributed by atoms with van der Waals surface area (Å²) in [6.07, 6.45) is 0. The average molecular weight is 582 g/mol. The number of carbonyl (C=O) groups excluding carboxylic acids is 2. The highest BCUT2D eigenvalue weighted by atomic mass is 32.2. The Hall–Kier alpha value is -4.05. The molecule has 0 aliphatic heterocycles. The summed E-state index contributed by atoms with van der Waals surface area (Å²) < 4.78 is 39.7. The lowest BCUT2D eigenvalue weighted by Crippen LogP contribution is -2.54. The van der Waals surface area contributed by atoms with E-state index in [-0.39, 0.29) is 28.8 Å². The van der Waals surface area contributed by atoms with Crippen LogP contribution in [0.2, 0.25) is 0 Å². The van der Waals surface area contributed by atoms with Crippen LogP contribution in [-0.2, 0) is 26.2 Å². The molecule has 220 valence electrons. The van der Waals surface area contributed by atoms with Gasteiger partial charge in [-0.3, -0.25) is 13.9 Å². The molecule has 10 heteroatoms. The van der Waals surface area contributed by atoms with Gasteiger partial charge >= 0.3 is 0 Å². The molecule has 1 atom stereocenters. The lowest BCUT2D eigenvalue weighted by molar-refractivity contribution is -0.140. The lowest BCUT2D eigenvalue weighted by Gasteiger charge is -2.33. The molecule has 0 aliphatic carbocycles. The van der Waals surface area contributed by atoms with Gasteiger partial charge in [-0.1, -0.05) is 42.0 Å². The van der Waals surface area contributed by atoms with Crippen LogP contribution in [0.1, 0.15) is 38.8 Å². The highest BCUT2D eigenvalue weighted by molar-refractivity contribution is 7.92. The molecule has 0 unspecified atom stereocenters. The van der Waals surface area contributed by atoms with Crippen molar-refractivity contribution in [2.45, 2.75) is 57.6 Å². The molecule has 0 aliphatic rings. The molecule has 0 fully saturated rings. The minimum absolute atomic E-state index is 0.0272.